The molecule has 0 saturated heterocycles. The van der Waals surface area contributed by atoms with Gasteiger partial charge in [0, 0.05) is 11.8 Å². The molecule has 5 nitrogen and oxygen atoms in total. The number of ether oxygens (including phenoxy) is 1. The van der Waals surface area contributed by atoms with Crippen LogP contribution in [0.2, 0.25) is 0 Å². The summed E-state index contributed by atoms with van der Waals surface area (Å²) in [6, 6.07) is 11.9. The molecule has 3 atom stereocenters. The second kappa shape index (κ2) is 7.07. The smallest absolute Gasteiger partial charge is 0.227 e. The van der Waals surface area contributed by atoms with E-state index in [0.717, 1.165) is 6.26 Å². The van der Waals surface area contributed by atoms with E-state index < -0.39 is 27.0 Å². The molecule has 0 aromatic heterocycles. The summed E-state index contributed by atoms with van der Waals surface area (Å²) < 4.78 is 43.4. The Morgan fingerprint density at radius 2 is 1.85 bits per heavy atom. The number of hydrogen-bond acceptors (Lipinski definition) is 4. The van der Waals surface area contributed by atoms with Gasteiger partial charge in [0.15, 0.2) is 9.84 Å². The van der Waals surface area contributed by atoms with Crippen molar-refractivity contribution in [3.63, 3.8) is 0 Å². The second-order valence-electron chi connectivity index (χ2n) is 6.49. The first-order chi connectivity index (χ1) is 12.3. The fourth-order valence-corrected chi connectivity index (χ4v) is 4.59. The van der Waals surface area contributed by atoms with Crippen molar-refractivity contribution in [3.8, 4) is 5.75 Å². The van der Waals surface area contributed by atoms with Gasteiger partial charge in [0.05, 0.1) is 12.0 Å². The van der Waals surface area contributed by atoms with Crippen LogP contribution in [0.1, 0.15) is 29.2 Å². The van der Waals surface area contributed by atoms with Gasteiger partial charge in [-0.3, -0.25) is 4.79 Å². The Bertz CT molecular complexity index is 911. The van der Waals surface area contributed by atoms with Crippen molar-refractivity contribution in [2.24, 2.45) is 0 Å². The van der Waals surface area contributed by atoms with Crippen LogP contribution in [0.5, 0.6) is 5.75 Å². The summed E-state index contributed by atoms with van der Waals surface area (Å²) in [5, 5.41) is 1.91. The number of nitrogens with one attached hydrogen (secondary N) is 1. The Morgan fingerprint density at radius 1 is 1.19 bits per heavy atom. The zero-order valence-corrected chi connectivity index (χ0v) is 15.3. The number of carbonyl (C=O) groups is 1. The maximum atomic E-state index is 13.1. The molecule has 2 aromatic carbocycles. The lowest BCUT2D eigenvalue weighted by Crippen LogP contribution is -2.48. The zero-order chi connectivity index (χ0) is 18.9. The number of amides is 1. The first-order valence-corrected chi connectivity index (χ1v) is 10.2. The molecule has 1 heterocycles. The number of para-hydroxylation sites is 1. The molecule has 0 bridgehead atoms. The van der Waals surface area contributed by atoms with Crippen molar-refractivity contribution < 1.29 is 22.3 Å². The van der Waals surface area contributed by atoms with Crippen molar-refractivity contribution in [2.45, 2.75) is 24.1 Å². The van der Waals surface area contributed by atoms with Crippen LogP contribution < -0.4 is 10.1 Å². The topological polar surface area (TPSA) is 72.5 Å². The van der Waals surface area contributed by atoms with Crippen molar-refractivity contribution in [1.29, 1.82) is 0 Å². The fraction of sp³-hybridized carbons (Fsp3) is 0.316. The normalized spacial score (nSPS) is 20.6. The molecule has 1 N–H and O–H groups in total. The molecule has 1 amide bonds. The van der Waals surface area contributed by atoms with Gasteiger partial charge in [-0.2, -0.15) is 0 Å². The number of halogens is 1. The standard InChI is InChI=1S/C19H20FNO4S/c1-12(13-7-9-14(20)10-8-13)19(22)21-16-11-25-17-6-4-3-5-15(17)18(16)26(2,23)24/h3-10,12,16,18H,11H2,1-2H3,(H,21,22). The third kappa shape index (κ3) is 3.72. The molecule has 26 heavy (non-hydrogen) atoms. The van der Waals surface area contributed by atoms with Crippen LogP contribution in [0.4, 0.5) is 4.39 Å². The van der Waals surface area contributed by atoms with Crippen LogP contribution in [-0.4, -0.2) is 33.2 Å². The average molecular weight is 377 g/mol. The Hall–Kier alpha value is -2.41. The van der Waals surface area contributed by atoms with Gasteiger partial charge in [-0.05, 0) is 30.7 Å². The summed E-state index contributed by atoms with van der Waals surface area (Å²) in [4.78, 5) is 12.6. The van der Waals surface area contributed by atoms with E-state index in [9.17, 15) is 17.6 Å². The summed E-state index contributed by atoms with van der Waals surface area (Å²) in [7, 11) is -3.47. The van der Waals surface area contributed by atoms with Gasteiger partial charge in [-0.15, -0.1) is 0 Å². The minimum Gasteiger partial charge on any atom is -0.491 e. The van der Waals surface area contributed by atoms with E-state index in [1.165, 1.54) is 12.1 Å². The van der Waals surface area contributed by atoms with Crippen LogP contribution in [0.15, 0.2) is 48.5 Å². The molecule has 0 radical (unpaired) electrons. The summed E-state index contributed by atoms with van der Waals surface area (Å²) in [5.74, 6) is -0.748. The average Bonchev–Trinajstić information content (AvgIpc) is 2.60. The Kier molecular flexibility index (Phi) is 5.00. The Labute approximate surface area is 152 Å². The minimum atomic E-state index is -3.47. The summed E-state index contributed by atoms with van der Waals surface area (Å²) in [5.41, 5.74) is 1.19. The molecule has 3 rings (SSSR count). The number of sulfone groups is 1. The van der Waals surface area contributed by atoms with E-state index in [-0.39, 0.29) is 18.3 Å². The van der Waals surface area contributed by atoms with Crippen LogP contribution in [0.25, 0.3) is 0 Å². The highest BCUT2D eigenvalue weighted by atomic mass is 32.2. The monoisotopic (exact) mass is 377 g/mol. The fourth-order valence-electron chi connectivity index (χ4n) is 3.19. The summed E-state index contributed by atoms with van der Waals surface area (Å²) in [6.45, 7) is 1.76. The minimum absolute atomic E-state index is 0.0661. The Morgan fingerprint density at radius 3 is 2.50 bits per heavy atom. The molecule has 3 unspecified atom stereocenters. The molecule has 0 aliphatic carbocycles. The molecule has 0 saturated carbocycles. The van der Waals surface area contributed by atoms with Crippen molar-refractivity contribution >= 4 is 15.7 Å². The zero-order valence-electron chi connectivity index (χ0n) is 14.5. The number of carbonyl (C=O) groups excluding carboxylic acids is 1. The van der Waals surface area contributed by atoms with Crippen LogP contribution in [-0.2, 0) is 14.6 Å². The van der Waals surface area contributed by atoms with Crippen molar-refractivity contribution in [3.05, 3.63) is 65.5 Å². The van der Waals surface area contributed by atoms with Gasteiger partial charge in [-0.25, -0.2) is 12.8 Å². The Balaban J connectivity index is 1.84. The molecule has 2 aromatic rings. The molecule has 138 valence electrons. The largest absolute Gasteiger partial charge is 0.491 e. The highest BCUT2D eigenvalue weighted by molar-refractivity contribution is 7.91. The van der Waals surface area contributed by atoms with Gasteiger partial charge in [0.2, 0.25) is 5.91 Å². The van der Waals surface area contributed by atoms with Gasteiger partial charge in [0.1, 0.15) is 23.4 Å². The van der Waals surface area contributed by atoms with E-state index >= 15 is 0 Å². The third-order valence-electron chi connectivity index (χ3n) is 4.56. The van der Waals surface area contributed by atoms with Crippen molar-refractivity contribution in [1.82, 2.24) is 5.32 Å². The third-order valence-corrected chi connectivity index (χ3v) is 6.07. The van der Waals surface area contributed by atoms with E-state index in [4.69, 9.17) is 4.74 Å². The van der Waals surface area contributed by atoms with Gasteiger partial charge in [-0.1, -0.05) is 30.3 Å². The lowest BCUT2D eigenvalue weighted by Gasteiger charge is -2.33. The molecular formula is C19H20FNO4S. The van der Waals surface area contributed by atoms with E-state index in [1.54, 1.807) is 43.3 Å². The van der Waals surface area contributed by atoms with Crippen molar-refractivity contribution in [2.75, 3.05) is 12.9 Å². The summed E-state index contributed by atoms with van der Waals surface area (Å²) in [6.07, 6.45) is 1.16. The van der Waals surface area contributed by atoms with E-state index in [1.807, 2.05) is 0 Å². The SMILES string of the molecule is CC(C(=O)NC1COc2ccccc2C1S(C)(=O)=O)c1ccc(F)cc1. The number of fused-ring (bicyclic) bond motifs is 1. The number of rotatable bonds is 4. The molecule has 1 aliphatic rings. The number of benzene rings is 2. The molecular weight excluding hydrogens is 357 g/mol. The molecule has 0 spiro atoms. The maximum Gasteiger partial charge on any atom is 0.227 e. The number of hydrogen-bond donors (Lipinski definition) is 1. The van der Waals surface area contributed by atoms with Gasteiger partial charge < -0.3 is 10.1 Å². The quantitative estimate of drug-likeness (QED) is 0.889. The van der Waals surface area contributed by atoms with Crippen LogP contribution >= 0.6 is 0 Å². The van der Waals surface area contributed by atoms with Gasteiger partial charge >= 0.3 is 0 Å². The predicted octanol–water partition coefficient (Wildman–Crippen LogP) is 2.59. The van der Waals surface area contributed by atoms with Gasteiger partial charge in [0.25, 0.3) is 0 Å². The summed E-state index contributed by atoms with van der Waals surface area (Å²) >= 11 is 0. The predicted molar refractivity (Wildman–Crippen MR) is 96.3 cm³/mol. The second-order valence-corrected chi connectivity index (χ2v) is 8.65. The van der Waals surface area contributed by atoms with E-state index in [0.29, 0.717) is 16.9 Å². The van der Waals surface area contributed by atoms with Crippen LogP contribution in [0.3, 0.4) is 0 Å². The molecule has 7 heteroatoms. The molecule has 1 aliphatic heterocycles. The lowest BCUT2D eigenvalue weighted by molar-refractivity contribution is -0.123. The highest BCUT2D eigenvalue weighted by Crippen LogP contribution is 2.37. The van der Waals surface area contributed by atoms with E-state index in [2.05, 4.69) is 5.32 Å². The molecule has 0 fully saturated rings. The van der Waals surface area contributed by atoms with Crippen LogP contribution in [0, 0.1) is 5.82 Å². The first-order valence-electron chi connectivity index (χ1n) is 8.24. The lowest BCUT2D eigenvalue weighted by atomic mass is 9.98. The maximum absolute atomic E-state index is 13.1. The first kappa shape index (κ1) is 18.4. The highest BCUT2D eigenvalue weighted by Gasteiger charge is 2.39.